The molecule has 0 unspecified atom stereocenters. The Hall–Kier alpha value is -2.22. The van der Waals surface area contributed by atoms with Crippen molar-refractivity contribution in [1.29, 1.82) is 0 Å². The van der Waals surface area contributed by atoms with E-state index in [1.54, 1.807) is 0 Å². The van der Waals surface area contributed by atoms with Gasteiger partial charge in [-0.3, -0.25) is 0 Å². The van der Waals surface area contributed by atoms with Crippen molar-refractivity contribution in [3.05, 3.63) is 53.6 Å². The van der Waals surface area contributed by atoms with Gasteiger partial charge >= 0.3 is 12.5 Å². The van der Waals surface area contributed by atoms with Crippen LogP contribution in [0, 0.1) is 0 Å². The minimum atomic E-state index is -4.95. The van der Waals surface area contributed by atoms with E-state index in [0.29, 0.717) is 0 Å². The van der Waals surface area contributed by atoms with Gasteiger partial charge in [-0.2, -0.15) is 13.2 Å². The normalized spacial score (nSPS) is 12.3. The van der Waals surface area contributed by atoms with Crippen LogP contribution in [-0.4, -0.2) is 12.9 Å². The Morgan fingerprint density at radius 2 is 1.46 bits per heavy atom. The molecule has 24 heavy (non-hydrogen) atoms. The van der Waals surface area contributed by atoms with Crippen LogP contribution in [0.15, 0.2) is 42.5 Å². The van der Waals surface area contributed by atoms with Gasteiger partial charge in [-0.1, -0.05) is 30.3 Å². The van der Waals surface area contributed by atoms with Crippen molar-refractivity contribution in [1.82, 2.24) is 0 Å². The number of benzene rings is 2. The maximum absolute atomic E-state index is 13.2. The molecule has 0 aliphatic rings. The summed E-state index contributed by atoms with van der Waals surface area (Å²) in [7, 11) is 0. The van der Waals surface area contributed by atoms with Gasteiger partial charge in [0, 0.05) is 5.56 Å². The third-order valence-electron chi connectivity index (χ3n) is 3.28. The third kappa shape index (κ3) is 4.19. The Morgan fingerprint density at radius 1 is 0.833 bits per heavy atom. The summed E-state index contributed by atoms with van der Waals surface area (Å²) < 4.78 is 81.1. The number of nitrogens with two attached hydrogens (primary N) is 1. The number of alkyl halides is 6. The molecule has 2 nitrogen and oxygen atoms in total. The molecule has 0 aliphatic heterocycles. The molecule has 2 aromatic carbocycles. The first kappa shape index (κ1) is 18.1. The Bertz CT molecular complexity index is 708. The van der Waals surface area contributed by atoms with Crippen molar-refractivity contribution in [2.24, 2.45) is 5.73 Å². The fourth-order valence-electron chi connectivity index (χ4n) is 2.42. The van der Waals surface area contributed by atoms with Gasteiger partial charge in [0.2, 0.25) is 0 Å². The minimum Gasteiger partial charge on any atom is -0.405 e. The summed E-state index contributed by atoms with van der Waals surface area (Å²) in [5, 5.41) is 0. The van der Waals surface area contributed by atoms with E-state index in [2.05, 4.69) is 4.74 Å². The Kier molecular flexibility index (Phi) is 5.08. The molecule has 0 saturated heterocycles. The monoisotopic (exact) mass is 349 g/mol. The molecule has 0 heterocycles. The molecule has 130 valence electrons. The van der Waals surface area contributed by atoms with E-state index in [9.17, 15) is 26.3 Å². The highest BCUT2D eigenvalue weighted by Crippen LogP contribution is 2.40. The van der Waals surface area contributed by atoms with Crippen LogP contribution in [0.5, 0.6) is 5.75 Å². The van der Waals surface area contributed by atoms with E-state index < -0.39 is 23.9 Å². The fraction of sp³-hybridized carbons (Fsp3) is 0.250. The van der Waals surface area contributed by atoms with Crippen LogP contribution >= 0.6 is 0 Å². The first-order chi connectivity index (χ1) is 11.1. The molecule has 0 amide bonds. The molecule has 0 saturated carbocycles. The van der Waals surface area contributed by atoms with Gasteiger partial charge in [-0.25, -0.2) is 0 Å². The fourth-order valence-corrected chi connectivity index (χ4v) is 2.42. The molecule has 0 bridgehead atoms. The summed E-state index contributed by atoms with van der Waals surface area (Å²) in [6.45, 7) is -0.0810. The second-order valence-electron chi connectivity index (χ2n) is 4.91. The van der Waals surface area contributed by atoms with Crippen LogP contribution in [0.4, 0.5) is 26.3 Å². The van der Waals surface area contributed by atoms with E-state index in [4.69, 9.17) is 5.73 Å². The van der Waals surface area contributed by atoms with Gasteiger partial charge in [0.25, 0.3) is 0 Å². The summed E-state index contributed by atoms with van der Waals surface area (Å²) in [5.41, 5.74) is 4.23. The zero-order valence-electron chi connectivity index (χ0n) is 12.2. The topological polar surface area (TPSA) is 35.2 Å². The number of rotatable bonds is 4. The van der Waals surface area contributed by atoms with Crippen molar-refractivity contribution < 1.29 is 31.1 Å². The number of halogens is 6. The summed E-state index contributed by atoms with van der Waals surface area (Å²) >= 11 is 0. The average molecular weight is 349 g/mol. The number of ether oxygens (including phenoxy) is 1. The van der Waals surface area contributed by atoms with Crippen molar-refractivity contribution >= 4 is 0 Å². The van der Waals surface area contributed by atoms with Crippen molar-refractivity contribution in [3.63, 3.8) is 0 Å². The predicted molar refractivity (Wildman–Crippen MR) is 76.3 cm³/mol. The Labute approximate surface area is 133 Å². The van der Waals surface area contributed by atoms with Gasteiger partial charge in [-0.05, 0) is 36.2 Å². The highest BCUT2D eigenvalue weighted by Gasteiger charge is 2.35. The average Bonchev–Trinajstić information content (AvgIpc) is 2.46. The van der Waals surface area contributed by atoms with Gasteiger partial charge in [0.1, 0.15) is 5.75 Å². The molecule has 0 aliphatic carbocycles. The second kappa shape index (κ2) is 6.72. The molecule has 0 aromatic heterocycles. The molecular weight excluding hydrogens is 336 g/mol. The maximum Gasteiger partial charge on any atom is 0.573 e. The van der Waals surface area contributed by atoms with Crippen molar-refractivity contribution in [2.45, 2.75) is 19.0 Å². The third-order valence-corrected chi connectivity index (χ3v) is 3.28. The van der Waals surface area contributed by atoms with Crippen LogP contribution in [0.3, 0.4) is 0 Å². The van der Waals surface area contributed by atoms with Crippen LogP contribution < -0.4 is 10.5 Å². The minimum absolute atomic E-state index is 0.00938. The molecule has 0 fully saturated rings. The number of para-hydroxylation sites is 1. The van der Waals surface area contributed by atoms with Crippen LogP contribution in [0.2, 0.25) is 0 Å². The quantitative estimate of drug-likeness (QED) is 0.807. The summed E-state index contributed by atoms with van der Waals surface area (Å²) in [6, 6.07) is 8.39. The first-order valence-corrected chi connectivity index (χ1v) is 6.88. The van der Waals surface area contributed by atoms with Gasteiger partial charge in [0.15, 0.2) is 0 Å². The number of hydrogen-bond donors (Lipinski definition) is 1. The maximum atomic E-state index is 13.2. The summed E-state index contributed by atoms with van der Waals surface area (Å²) in [6.07, 6.45) is -9.72. The van der Waals surface area contributed by atoms with Gasteiger partial charge in [-0.15, -0.1) is 13.2 Å². The zero-order valence-corrected chi connectivity index (χ0v) is 12.2. The van der Waals surface area contributed by atoms with Crippen LogP contribution in [-0.2, 0) is 12.6 Å². The molecule has 2 rings (SSSR count). The molecule has 2 N–H and O–H groups in total. The van der Waals surface area contributed by atoms with E-state index in [1.807, 2.05) is 0 Å². The lowest BCUT2D eigenvalue weighted by atomic mass is 9.92. The molecule has 2 aromatic rings. The van der Waals surface area contributed by atoms with Gasteiger partial charge < -0.3 is 10.5 Å². The lowest BCUT2D eigenvalue weighted by Gasteiger charge is -2.19. The van der Waals surface area contributed by atoms with Crippen molar-refractivity contribution in [3.8, 4) is 16.9 Å². The lowest BCUT2D eigenvalue weighted by Crippen LogP contribution is -2.18. The van der Waals surface area contributed by atoms with Gasteiger partial charge in [0.05, 0.1) is 5.56 Å². The largest absolute Gasteiger partial charge is 0.573 e. The Balaban J connectivity index is 2.65. The predicted octanol–water partition coefficient (Wildman–Crippen LogP) is 4.77. The van der Waals surface area contributed by atoms with E-state index in [1.165, 1.54) is 24.3 Å². The SMILES string of the molecule is NCCc1c(-c2ccccc2OC(F)(F)F)cccc1C(F)(F)F. The van der Waals surface area contributed by atoms with E-state index in [0.717, 1.165) is 18.2 Å². The molecular formula is C16H13F6NO. The highest BCUT2D eigenvalue weighted by molar-refractivity contribution is 5.74. The number of hydrogen-bond acceptors (Lipinski definition) is 2. The lowest BCUT2D eigenvalue weighted by molar-refractivity contribution is -0.274. The first-order valence-electron chi connectivity index (χ1n) is 6.88. The Morgan fingerprint density at radius 3 is 2.04 bits per heavy atom. The summed E-state index contributed by atoms with van der Waals surface area (Å²) in [4.78, 5) is 0. The second-order valence-corrected chi connectivity index (χ2v) is 4.91. The molecule has 0 radical (unpaired) electrons. The molecule has 0 atom stereocenters. The smallest absolute Gasteiger partial charge is 0.405 e. The highest BCUT2D eigenvalue weighted by atomic mass is 19.4. The molecule has 0 spiro atoms. The van der Waals surface area contributed by atoms with Crippen molar-refractivity contribution in [2.75, 3.05) is 6.54 Å². The van der Waals surface area contributed by atoms with Crippen LogP contribution in [0.1, 0.15) is 11.1 Å². The molecule has 8 heteroatoms. The van der Waals surface area contributed by atoms with E-state index >= 15 is 0 Å². The van der Waals surface area contributed by atoms with Crippen LogP contribution in [0.25, 0.3) is 11.1 Å². The summed E-state index contributed by atoms with van der Waals surface area (Å²) in [5.74, 6) is -0.567. The van der Waals surface area contributed by atoms with E-state index in [-0.39, 0.29) is 29.7 Å². The standard InChI is InChI=1S/C16H13F6NO/c17-15(18,19)13-6-3-5-10(11(13)8-9-23)12-4-1-2-7-14(12)24-16(20,21)22/h1-7H,8-9,23H2. The zero-order chi connectivity index (χ0) is 18.0.